The van der Waals surface area contributed by atoms with Crippen LogP contribution in [0.25, 0.3) is 11.6 Å². The average molecular weight is 288 g/mol. The van der Waals surface area contributed by atoms with E-state index in [0.29, 0.717) is 17.7 Å². The maximum absolute atomic E-state index is 5.52. The first-order valence-corrected chi connectivity index (χ1v) is 7.71. The first kappa shape index (κ1) is 13.0. The molecule has 2 aromatic heterocycles. The van der Waals surface area contributed by atoms with Crippen LogP contribution in [0.3, 0.4) is 0 Å². The van der Waals surface area contributed by atoms with Crippen molar-refractivity contribution in [1.29, 1.82) is 0 Å². The van der Waals surface area contributed by atoms with Gasteiger partial charge in [0.15, 0.2) is 5.82 Å². The lowest BCUT2D eigenvalue weighted by atomic mass is 10.0. The third-order valence-electron chi connectivity index (χ3n) is 4.51. The summed E-state index contributed by atoms with van der Waals surface area (Å²) in [5.74, 6) is 1.95. The molecule has 4 heterocycles. The van der Waals surface area contributed by atoms with E-state index >= 15 is 0 Å². The van der Waals surface area contributed by atoms with E-state index in [2.05, 4.69) is 30.3 Å². The van der Waals surface area contributed by atoms with Crippen molar-refractivity contribution >= 4 is 0 Å². The molecule has 0 aromatic carbocycles. The van der Waals surface area contributed by atoms with Gasteiger partial charge >= 0.3 is 0 Å². The standard InChI is InChI=1S/C14H20N6O/c1-2-11(20(9-1)10-3-5-15-6-4-10)14-18-13(19-21-14)12-16-7-8-17-12/h7-8,10-11,15H,1-6,9H2,(H,16,17). The van der Waals surface area contributed by atoms with Gasteiger partial charge in [-0.25, -0.2) is 4.98 Å². The van der Waals surface area contributed by atoms with Crippen LogP contribution in [0.5, 0.6) is 0 Å². The minimum absolute atomic E-state index is 0.268. The lowest BCUT2D eigenvalue weighted by Gasteiger charge is -2.34. The van der Waals surface area contributed by atoms with Crippen LogP contribution >= 0.6 is 0 Å². The Hall–Kier alpha value is -1.73. The number of aromatic amines is 1. The smallest absolute Gasteiger partial charge is 0.244 e. The second-order valence-electron chi connectivity index (χ2n) is 5.77. The van der Waals surface area contributed by atoms with Gasteiger partial charge < -0.3 is 14.8 Å². The molecule has 1 atom stereocenters. The number of nitrogens with one attached hydrogen (secondary N) is 2. The molecule has 0 spiro atoms. The maximum atomic E-state index is 5.52. The van der Waals surface area contributed by atoms with E-state index in [1.54, 1.807) is 12.4 Å². The SMILES string of the molecule is c1c[nH]c(-c2noc(C3CCCN3C3CCNCC3)n2)n1. The van der Waals surface area contributed by atoms with Crippen molar-refractivity contribution in [2.75, 3.05) is 19.6 Å². The number of aromatic nitrogens is 4. The van der Waals surface area contributed by atoms with Gasteiger partial charge in [-0.2, -0.15) is 4.98 Å². The van der Waals surface area contributed by atoms with E-state index in [-0.39, 0.29) is 6.04 Å². The fourth-order valence-electron chi connectivity index (χ4n) is 3.48. The second kappa shape index (κ2) is 5.57. The van der Waals surface area contributed by atoms with E-state index in [9.17, 15) is 0 Å². The minimum atomic E-state index is 0.268. The van der Waals surface area contributed by atoms with Gasteiger partial charge in [-0.3, -0.25) is 4.90 Å². The van der Waals surface area contributed by atoms with Gasteiger partial charge in [-0.15, -0.1) is 0 Å². The predicted molar refractivity (Wildman–Crippen MR) is 76.5 cm³/mol. The molecule has 0 amide bonds. The van der Waals surface area contributed by atoms with Gasteiger partial charge in [0.2, 0.25) is 11.7 Å². The molecule has 0 radical (unpaired) electrons. The fourth-order valence-corrected chi connectivity index (χ4v) is 3.48. The van der Waals surface area contributed by atoms with Crippen LogP contribution in [0.4, 0.5) is 0 Å². The molecule has 2 saturated heterocycles. The zero-order valence-electron chi connectivity index (χ0n) is 12.0. The van der Waals surface area contributed by atoms with Gasteiger partial charge in [0.1, 0.15) is 0 Å². The number of hydrogen-bond donors (Lipinski definition) is 2. The predicted octanol–water partition coefficient (Wildman–Crippen LogP) is 1.35. The highest BCUT2D eigenvalue weighted by Gasteiger charge is 2.35. The number of likely N-dealkylation sites (tertiary alicyclic amines) is 1. The average Bonchev–Trinajstić information content (AvgIpc) is 3.27. The van der Waals surface area contributed by atoms with Crippen molar-refractivity contribution in [2.45, 2.75) is 37.8 Å². The first-order chi connectivity index (χ1) is 10.4. The van der Waals surface area contributed by atoms with Gasteiger partial charge in [0.05, 0.1) is 6.04 Å². The molecule has 2 fully saturated rings. The Bertz CT molecular complexity index is 574. The van der Waals surface area contributed by atoms with Gasteiger partial charge in [0.25, 0.3) is 0 Å². The monoisotopic (exact) mass is 288 g/mol. The zero-order valence-corrected chi connectivity index (χ0v) is 12.0. The molecule has 2 aliphatic heterocycles. The molecule has 0 aliphatic carbocycles. The van der Waals surface area contributed by atoms with E-state index in [1.165, 1.54) is 19.3 Å². The zero-order chi connectivity index (χ0) is 14.1. The molecule has 0 bridgehead atoms. The topological polar surface area (TPSA) is 82.9 Å². The summed E-state index contributed by atoms with van der Waals surface area (Å²) in [6.07, 6.45) is 8.17. The lowest BCUT2D eigenvalue weighted by molar-refractivity contribution is 0.126. The highest BCUT2D eigenvalue weighted by Crippen LogP contribution is 2.35. The maximum Gasteiger partial charge on any atom is 0.244 e. The summed E-state index contributed by atoms with van der Waals surface area (Å²) in [5, 5.41) is 7.49. The summed E-state index contributed by atoms with van der Waals surface area (Å²) in [5.41, 5.74) is 0. The Morgan fingerprint density at radius 3 is 2.95 bits per heavy atom. The van der Waals surface area contributed by atoms with E-state index in [0.717, 1.165) is 31.9 Å². The van der Waals surface area contributed by atoms with E-state index in [1.807, 2.05) is 0 Å². The summed E-state index contributed by atoms with van der Waals surface area (Å²) in [6.45, 7) is 3.35. The highest BCUT2D eigenvalue weighted by atomic mass is 16.5. The summed E-state index contributed by atoms with van der Waals surface area (Å²) < 4.78 is 5.52. The summed E-state index contributed by atoms with van der Waals surface area (Å²) in [4.78, 5) is 14.3. The van der Waals surface area contributed by atoms with Crippen LogP contribution in [-0.4, -0.2) is 50.7 Å². The van der Waals surface area contributed by atoms with E-state index in [4.69, 9.17) is 4.52 Å². The fraction of sp³-hybridized carbons (Fsp3) is 0.643. The molecule has 2 aromatic rings. The third-order valence-corrected chi connectivity index (χ3v) is 4.51. The molecule has 1 unspecified atom stereocenters. The number of hydrogen-bond acceptors (Lipinski definition) is 6. The first-order valence-electron chi connectivity index (χ1n) is 7.71. The van der Waals surface area contributed by atoms with Gasteiger partial charge in [-0.1, -0.05) is 5.16 Å². The number of rotatable bonds is 3. The van der Waals surface area contributed by atoms with Crippen LogP contribution in [0, 0.1) is 0 Å². The molecule has 21 heavy (non-hydrogen) atoms. The van der Waals surface area contributed by atoms with Crippen molar-refractivity contribution in [3.63, 3.8) is 0 Å². The lowest BCUT2D eigenvalue weighted by Crippen LogP contribution is -2.42. The van der Waals surface area contributed by atoms with Gasteiger partial charge in [0, 0.05) is 18.4 Å². The van der Waals surface area contributed by atoms with Crippen molar-refractivity contribution in [2.24, 2.45) is 0 Å². The Kier molecular flexibility index (Phi) is 3.44. The quantitative estimate of drug-likeness (QED) is 0.887. The number of imidazole rings is 1. The van der Waals surface area contributed by atoms with Gasteiger partial charge in [-0.05, 0) is 45.3 Å². The molecular weight excluding hydrogens is 268 g/mol. The third kappa shape index (κ3) is 2.47. The normalized spacial score (nSPS) is 24.7. The van der Waals surface area contributed by atoms with Crippen molar-refractivity contribution in [3.05, 3.63) is 18.3 Å². The molecular formula is C14H20N6O. The Morgan fingerprint density at radius 2 is 2.14 bits per heavy atom. The summed E-state index contributed by atoms with van der Waals surface area (Å²) >= 11 is 0. The molecule has 2 aliphatic rings. The minimum Gasteiger partial charge on any atom is -0.342 e. The van der Waals surface area contributed by atoms with Crippen LogP contribution in [0.15, 0.2) is 16.9 Å². The molecule has 112 valence electrons. The second-order valence-corrected chi connectivity index (χ2v) is 5.77. The van der Waals surface area contributed by atoms with Crippen molar-refractivity contribution < 1.29 is 4.52 Å². The summed E-state index contributed by atoms with van der Waals surface area (Å²) in [6, 6.07) is 0.905. The largest absolute Gasteiger partial charge is 0.342 e. The van der Waals surface area contributed by atoms with Crippen molar-refractivity contribution in [1.82, 2.24) is 30.3 Å². The number of nitrogens with zero attached hydrogens (tertiary/aromatic N) is 4. The number of H-pyrrole nitrogens is 1. The van der Waals surface area contributed by atoms with Crippen molar-refractivity contribution in [3.8, 4) is 11.6 Å². The number of piperidine rings is 1. The highest BCUT2D eigenvalue weighted by molar-refractivity contribution is 5.40. The molecule has 0 saturated carbocycles. The van der Waals surface area contributed by atoms with Crippen LogP contribution < -0.4 is 5.32 Å². The molecule has 7 heteroatoms. The van der Waals surface area contributed by atoms with Crippen LogP contribution in [-0.2, 0) is 0 Å². The molecule has 7 nitrogen and oxygen atoms in total. The molecule has 2 N–H and O–H groups in total. The van der Waals surface area contributed by atoms with E-state index < -0.39 is 0 Å². The summed E-state index contributed by atoms with van der Waals surface area (Å²) in [7, 11) is 0. The van der Waals surface area contributed by atoms with Crippen LogP contribution in [0.1, 0.15) is 37.6 Å². The van der Waals surface area contributed by atoms with Crippen LogP contribution in [0.2, 0.25) is 0 Å². The Balaban J connectivity index is 1.54. The molecule has 4 rings (SSSR count). The Labute approximate surface area is 123 Å². The Morgan fingerprint density at radius 1 is 1.24 bits per heavy atom.